The van der Waals surface area contributed by atoms with E-state index in [2.05, 4.69) is 75.3 Å². The Hall–Kier alpha value is -3.42. The van der Waals surface area contributed by atoms with Crippen LogP contribution in [0.25, 0.3) is 22.5 Å². The van der Waals surface area contributed by atoms with E-state index in [-0.39, 0.29) is 0 Å². The molecule has 8 nitrogen and oxygen atoms in total. The van der Waals surface area contributed by atoms with Gasteiger partial charge in [-0.1, -0.05) is 57.9 Å². The van der Waals surface area contributed by atoms with E-state index in [1.807, 2.05) is 12.3 Å². The number of aromatic amines is 1. The number of nitrogens with zero attached hydrogens (tertiary/aromatic N) is 7. The third-order valence-electron chi connectivity index (χ3n) is 5.29. The SMILES string of the molecule is CCCCCc1nc(C(C)C)nn1Cc1ccc(-c2cnccc2-c2nn[nH]n2)cc1. The highest BCUT2D eigenvalue weighted by Crippen LogP contribution is 2.29. The average Bonchev–Trinajstić information content (AvgIpc) is 3.45. The molecule has 0 radical (unpaired) electrons. The van der Waals surface area contributed by atoms with E-state index in [1.165, 1.54) is 18.4 Å². The summed E-state index contributed by atoms with van der Waals surface area (Å²) in [6.45, 7) is 7.21. The number of benzene rings is 1. The summed E-state index contributed by atoms with van der Waals surface area (Å²) in [5.74, 6) is 2.88. The number of unbranched alkanes of at least 4 members (excludes halogenated alkanes) is 2. The molecule has 0 saturated heterocycles. The molecule has 1 aromatic carbocycles. The van der Waals surface area contributed by atoms with Crippen LogP contribution in [0.1, 0.15) is 63.2 Å². The van der Waals surface area contributed by atoms with Crippen molar-refractivity contribution in [1.29, 1.82) is 0 Å². The molecule has 0 saturated carbocycles. The molecule has 1 N–H and O–H groups in total. The Bertz CT molecular complexity index is 1100. The van der Waals surface area contributed by atoms with Gasteiger partial charge in [-0.2, -0.15) is 10.3 Å². The molecule has 3 aromatic heterocycles. The predicted octanol–water partition coefficient (Wildman–Crippen LogP) is 4.42. The molecule has 4 aromatic rings. The van der Waals surface area contributed by atoms with Crippen LogP contribution in [0.4, 0.5) is 0 Å². The second kappa shape index (κ2) is 9.59. The van der Waals surface area contributed by atoms with Gasteiger partial charge in [-0.05, 0) is 28.8 Å². The predicted molar refractivity (Wildman–Crippen MR) is 119 cm³/mol. The molecule has 0 amide bonds. The average molecular weight is 417 g/mol. The number of H-pyrrole nitrogens is 1. The first-order valence-corrected chi connectivity index (χ1v) is 10.9. The highest BCUT2D eigenvalue weighted by molar-refractivity contribution is 5.79. The van der Waals surface area contributed by atoms with Gasteiger partial charge >= 0.3 is 0 Å². The van der Waals surface area contributed by atoms with Gasteiger partial charge in [0.15, 0.2) is 5.82 Å². The largest absolute Gasteiger partial charge is 0.264 e. The van der Waals surface area contributed by atoms with Gasteiger partial charge in [-0.3, -0.25) is 4.98 Å². The number of hydrogen-bond acceptors (Lipinski definition) is 6. The van der Waals surface area contributed by atoms with Crippen molar-refractivity contribution in [3.8, 4) is 22.5 Å². The summed E-state index contributed by atoms with van der Waals surface area (Å²) in [4.78, 5) is 9.08. The molecule has 31 heavy (non-hydrogen) atoms. The molecule has 0 aliphatic rings. The van der Waals surface area contributed by atoms with Crippen molar-refractivity contribution in [2.24, 2.45) is 0 Å². The summed E-state index contributed by atoms with van der Waals surface area (Å²) in [7, 11) is 0. The first-order chi connectivity index (χ1) is 15.2. The fourth-order valence-electron chi connectivity index (χ4n) is 3.54. The van der Waals surface area contributed by atoms with Gasteiger partial charge in [-0.25, -0.2) is 9.67 Å². The van der Waals surface area contributed by atoms with Crippen LogP contribution in [0.2, 0.25) is 0 Å². The second-order valence-corrected chi connectivity index (χ2v) is 8.01. The molecule has 0 unspecified atom stereocenters. The molecule has 0 spiro atoms. The number of nitrogens with one attached hydrogen (secondary N) is 1. The Balaban J connectivity index is 1.56. The van der Waals surface area contributed by atoms with E-state index < -0.39 is 0 Å². The van der Waals surface area contributed by atoms with Crippen molar-refractivity contribution in [1.82, 2.24) is 40.4 Å². The molecule has 3 heterocycles. The topological polar surface area (TPSA) is 98.1 Å². The van der Waals surface area contributed by atoms with Crippen LogP contribution < -0.4 is 0 Å². The molecular formula is C23H28N8. The van der Waals surface area contributed by atoms with Crippen LogP contribution in [0, 0.1) is 0 Å². The van der Waals surface area contributed by atoms with Gasteiger partial charge in [-0.15, -0.1) is 10.2 Å². The maximum Gasteiger partial charge on any atom is 0.205 e. The van der Waals surface area contributed by atoms with Crippen molar-refractivity contribution < 1.29 is 0 Å². The Morgan fingerprint density at radius 2 is 1.87 bits per heavy atom. The number of rotatable bonds is 9. The summed E-state index contributed by atoms with van der Waals surface area (Å²) in [6, 6.07) is 10.4. The van der Waals surface area contributed by atoms with Gasteiger partial charge in [0.2, 0.25) is 5.82 Å². The van der Waals surface area contributed by atoms with Gasteiger partial charge < -0.3 is 0 Å². The molecule has 0 bridgehead atoms. The second-order valence-electron chi connectivity index (χ2n) is 8.01. The number of hydrogen-bond donors (Lipinski definition) is 1. The summed E-state index contributed by atoms with van der Waals surface area (Å²) < 4.78 is 2.06. The molecule has 0 aliphatic heterocycles. The first-order valence-electron chi connectivity index (χ1n) is 10.9. The van der Waals surface area contributed by atoms with Crippen molar-refractivity contribution in [2.45, 2.75) is 58.9 Å². The lowest BCUT2D eigenvalue weighted by molar-refractivity contribution is 0.601. The van der Waals surface area contributed by atoms with E-state index in [0.29, 0.717) is 18.3 Å². The van der Waals surface area contributed by atoms with E-state index in [0.717, 1.165) is 41.2 Å². The van der Waals surface area contributed by atoms with Crippen molar-refractivity contribution in [2.75, 3.05) is 0 Å². The lowest BCUT2D eigenvalue weighted by atomic mass is 10.0. The zero-order valence-electron chi connectivity index (χ0n) is 18.3. The maximum atomic E-state index is 4.80. The minimum atomic E-state index is 0.322. The van der Waals surface area contributed by atoms with Crippen LogP contribution in [0.3, 0.4) is 0 Å². The van der Waals surface area contributed by atoms with Crippen molar-refractivity contribution in [3.63, 3.8) is 0 Å². The van der Waals surface area contributed by atoms with E-state index in [4.69, 9.17) is 10.1 Å². The van der Waals surface area contributed by atoms with E-state index in [9.17, 15) is 0 Å². The fraction of sp³-hybridized carbons (Fsp3) is 0.391. The lowest BCUT2D eigenvalue weighted by Crippen LogP contribution is -2.07. The molecular weight excluding hydrogens is 388 g/mol. The van der Waals surface area contributed by atoms with Gasteiger partial charge in [0.25, 0.3) is 0 Å². The van der Waals surface area contributed by atoms with Crippen LogP contribution in [0.5, 0.6) is 0 Å². The smallest absolute Gasteiger partial charge is 0.205 e. The minimum Gasteiger partial charge on any atom is -0.264 e. The van der Waals surface area contributed by atoms with E-state index in [1.54, 1.807) is 6.20 Å². The Morgan fingerprint density at radius 3 is 2.58 bits per heavy atom. The Morgan fingerprint density at radius 1 is 1.03 bits per heavy atom. The summed E-state index contributed by atoms with van der Waals surface area (Å²) >= 11 is 0. The van der Waals surface area contributed by atoms with E-state index >= 15 is 0 Å². The molecule has 0 atom stereocenters. The van der Waals surface area contributed by atoms with Crippen LogP contribution >= 0.6 is 0 Å². The third kappa shape index (κ3) is 4.84. The lowest BCUT2D eigenvalue weighted by Gasteiger charge is -2.09. The monoisotopic (exact) mass is 416 g/mol. The Kier molecular flexibility index (Phi) is 6.45. The molecule has 4 rings (SSSR count). The summed E-state index contributed by atoms with van der Waals surface area (Å²) in [5.41, 5.74) is 4.11. The highest BCUT2D eigenvalue weighted by Gasteiger charge is 2.14. The molecule has 160 valence electrons. The number of aromatic nitrogens is 8. The highest BCUT2D eigenvalue weighted by atomic mass is 15.5. The van der Waals surface area contributed by atoms with Crippen molar-refractivity contribution >= 4 is 0 Å². The van der Waals surface area contributed by atoms with Gasteiger partial charge in [0.1, 0.15) is 5.82 Å². The summed E-state index contributed by atoms with van der Waals surface area (Å²) in [6.07, 6.45) is 8.10. The molecule has 0 aliphatic carbocycles. The van der Waals surface area contributed by atoms with Gasteiger partial charge in [0, 0.05) is 35.9 Å². The summed E-state index contributed by atoms with van der Waals surface area (Å²) in [5, 5.41) is 19.2. The van der Waals surface area contributed by atoms with Crippen LogP contribution in [-0.2, 0) is 13.0 Å². The third-order valence-corrected chi connectivity index (χ3v) is 5.29. The quantitative estimate of drug-likeness (QED) is 0.406. The maximum absolute atomic E-state index is 4.80. The first kappa shape index (κ1) is 20.8. The van der Waals surface area contributed by atoms with Crippen LogP contribution in [-0.4, -0.2) is 40.4 Å². The Labute approximate surface area is 182 Å². The number of pyridine rings is 1. The number of tetrazole rings is 1. The minimum absolute atomic E-state index is 0.322. The zero-order valence-corrected chi connectivity index (χ0v) is 18.3. The fourth-order valence-corrected chi connectivity index (χ4v) is 3.54. The number of aryl methyl sites for hydroxylation is 1. The normalized spacial score (nSPS) is 11.4. The standard InChI is InChI=1S/C23H28N8/c1-4-5-6-7-21-25-22(16(2)3)28-31(21)15-17-8-10-18(11-9-17)20-14-24-13-12-19(20)23-26-29-30-27-23/h8-14,16H,4-7,15H2,1-3H3,(H,26,27,29,30). The molecule has 8 heteroatoms. The molecule has 0 fully saturated rings. The van der Waals surface area contributed by atoms with Crippen LogP contribution in [0.15, 0.2) is 42.7 Å². The van der Waals surface area contributed by atoms with Crippen molar-refractivity contribution in [3.05, 3.63) is 59.9 Å². The zero-order chi connectivity index (χ0) is 21.6. The van der Waals surface area contributed by atoms with Gasteiger partial charge in [0.05, 0.1) is 6.54 Å².